The van der Waals surface area contributed by atoms with Gasteiger partial charge in [-0.1, -0.05) is 30.3 Å². The molecule has 1 aromatic heterocycles. The summed E-state index contributed by atoms with van der Waals surface area (Å²) in [6, 6.07) is 9.71. The standard InChI is InChI=1S/C14H16ClN3O/c1-18-8-7-16-13(18)9-12(17-14(19)10-15)11-5-3-2-4-6-11/h2-8,12H,9-10H2,1H3,(H,17,19). The van der Waals surface area contributed by atoms with Gasteiger partial charge in [-0.25, -0.2) is 4.98 Å². The van der Waals surface area contributed by atoms with E-state index in [0.29, 0.717) is 6.42 Å². The number of benzene rings is 1. The highest BCUT2D eigenvalue weighted by molar-refractivity contribution is 6.27. The van der Waals surface area contributed by atoms with Crippen LogP contribution in [0.4, 0.5) is 0 Å². The Bertz CT molecular complexity index is 539. The van der Waals surface area contributed by atoms with E-state index in [1.807, 2.05) is 48.1 Å². The maximum absolute atomic E-state index is 11.5. The molecular weight excluding hydrogens is 262 g/mol. The van der Waals surface area contributed by atoms with Gasteiger partial charge in [0.2, 0.25) is 5.91 Å². The summed E-state index contributed by atoms with van der Waals surface area (Å²) in [7, 11) is 1.94. The van der Waals surface area contributed by atoms with E-state index in [4.69, 9.17) is 11.6 Å². The Morgan fingerprint density at radius 2 is 2.16 bits per heavy atom. The molecule has 1 heterocycles. The van der Waals surface area contributed by atoms with Crippen LogP contribution in [0, 0.1) is 0 Å². The molecule has 0 saturated heterocycles. The maximum Gasteiger partial charge on any atom is 0.235 e. The highest BCUT2D eigenvalue weighted by Crippen LogP contribution is 2.17. The van der Waals surface area contributed by atoms with Gasteiger partial charge in [0.15, 0.2) is 0 Å². The monoisotopic (exact) mass is 277 g/mol. The number of imidazole rings is 1. The summed E-state index contributed by atoms with van der Waals surface area (Å²) in [5.41, 5.74) is 1.05. The van der Waals surface area contributed by atoms with Gasteiger partial charge >= 0.3 is 0 Å². The van der Waals surface area contributed by atoms with E-state index < -0.39 is 0 Å². The number of nitrogens with one attached hydrogen (secondary N) is 1. The zero-order valence-corrected chi connectivity index (χ0v) is 11.5. The molecule has 0 spiro atoms. The van der Waals surface area contributed by atoms with E-state index >= 15 is 0 Å². The molecule has 1 aromatic carbocycles. The van der Waals surface area contributed by atoms with Crippen molar-refractivity contribution in [1.82, 2.24) is 14.9 Å². The summed E-state index contributed by atoms with van der Waals surface area (Å²) in [5.74, 6) is 0.706. The Balaban J connectivity index is 2.20. The average Bonchev–Trinajstić information content (AvgIpc) is 2.84. The van der Waals surface area contributed by atoms with E-state index in [2.05, 4.69) is 10.3 Å². The van der Waals surface area contributed by atoms with Gasteiger partial charge < -0.3 is 9.88 Å². The van der Waals surface area contributed by atoms with Crippen LogP contribution in [0.2, 0.25) is 0 Å². The highest BCUT2D eigenvalue weighted by Gasteiger charge is 2.16. The molecule has 0 radical (unpaired) electrons. The van der Waals surface area contributed by atoms with Crippen molar-refractivity contribution in [3.63, 3.8) is 0 Å². The van der Waals surface area contributed by atoms with Crippen LogP contribution < -0.4 is 5.32 Å². The predicted octanol–water partition coefficient (Wildman–Crippen LogP) is 2.06. The van der Waals surface area contributed by atoms with E-state index in [-0.39, 0.29) is 17.8 Å². The number of carbonyl (C=O) groups excluding carboxylic acids is 1. The molecule has 2 rings (SSSR count). The molecule has 0 saturated carbocycles. The Kier molecular flexibility index (Phi) is 4.58. The van der Waals surface area contributed by atoms with E-state index in [9.17, 15) is 4.79 Å². The number of alkyl halides is 1. The molecule has 4 nitrogen and oxygen atoms in total. The fourth-order valence-corrected chi connectivity index (χ4v) is 2.02. The van der Waals surface area contributed by atoms with Crippen molar-refractivity contribution < 1.29 is 4.79 Å². The topological polar surface area (TPSA) is 46.9 Å². The number of halogens is 1. The number of carbonyl (C=O) groups is 1. The quantitative estimate of drug-likeness (QED) is 0.851. The molecule has 2 aromatic rings. The zero-order valence-electron chi connectivity index (χ0n) is 10.7. The van der Waals surface area contributed by atoms with Crippen LogP contribution in [0.3, 0.4) is 0 Å². The lowest BCUT2D eigenvalue weighted by Crippen LogP contribution is -2.31. The average molecular weight is 278 g/mol. The fourth-order valence-electron chi connectivity index (χ4n) is 1.95. The van der Waals surface area contributed by atoms with Crippen molar-refractivity contribution in [3.05, 3.63) is 54.1 Å². The predicted molar refractivity (Wildman–Crippen MR) is 75.0 cm³/mol. The van der Waals surface area contributed by atoms with Gasteiger partial charge in [-0.3, -0.25) is 4.79 Å². The first-order chi connectivity index (χ1) is 9.20. The van der Waals surface area contributed by atoms with Crippen LogP contribution in [0.5, 0.6) is 0 Å². The minimum Gasteiger partial charge on any atom is -0.348 e. The summed E-state index contributed by atoms with van der Waals surface area (Å²) >= 11 is 5.56. The molecule has 19 heavy (non-hydrogen) atoms. The zero-order chi connectivity index (χ0) is 13.7. The third-order valence-electron chi connectivity index (χ3n) is 2.97. The molecule has 1 unspecified atom stereocenters. The summed E-state index contributed by atoms with van der Waals surface area (Å²) in [6.07, 6.45) is 4.28. The molecule has 0 fully saturated rings. The molecule has 0 bridgehead atoms. The van der Waals surface area contributed by atoms with Crippen molar-refractivity contribution in [2.75, 3.05) is 5.88 Å². The first kappa shape index (κ1) is 13.6. The Labute approximate surface area is 117 Å². The third kappa shape index (κ3) is 3.58. The van der Waals surface area contributed by atoms with Crippen molar-refractivity contribution in [3.8, 4) is 0 Å². The number of amides is 1. The first-order valence-electron chi connectivity index (χ1n) is 6.07. The molecule has 100 valence electrons. The van der Waals surface area contributed by atoms with Crippen molar-refractivity contribution in [2.45, 2.75) is 12.5 Å². The third-order valence-corrected chi connectivity index (χ3v) is 3.21. The number of hydrogen-bond donors (Lipinski definition) is 1. The van der Waals surface area contributed by atoms with Crippen LogP contribution in [-0.2, 0) is 18.3 Å². The van der Waals surface area contributed by atoms with Crippen molar-refractivity contribution >= 4 is 17.5 Å². The minimum atomic E-state index is -0.176. The van der Waals surface area contributed by atoms with Gasteiger partial charge in [0.1, 0.15) is 11.7 Å². The smallest absolute Gasteiger partial charge is 0.235 e. The van der Waals surface area contributed by atoms with Gasteiger partial charge in [-0.15, -0.1) is 11.6 Å². The number of nitrogens with zero attached hydrogens (tertiary/aromatic N) is 2. The molecule has 1 N–H and O–H groups in total. The van der Waals surface area contributed by atoms with Crippen LogP contribution in [0.1, 0.15) is 17.4 Å². The molecule has 0 aliphatic rings. The molecular formula is C14H16ClN3O. The number of aromatic nitrogens is 2. The van der Waals surface area contributed by atoms with Gasteiger partial charge in [0, 0.05) is 25.9 Å². The molecule has 0 aliphatic heterocycles. The summed E-state index contributed by atoms with van der Waals surface area (Å²) in [4.78, 5) is 15.8. The normalized spacial score (nSPS) is 12.1. The van der Waals surface area contributed by atoms with E-state index in [0.717, 1.165) is 11.4 Å². The molecule has 0 aliphatic carbocycles. The highest BCUT2D eigenvalue weighted by atomic mass is 35.5. The van der Waals surface area contributed by atoms with Crippen molar-refractivity contribution in [2.24, 2.45) is 7.05 Å². The van der Waals surface area contributed by atoms with Gasteiger partial charge in [-0.2, -0.15) is 0 Å². The molecule has 1 atom stereocenters. The lowest BCUT2D eigenvalue weighted by molar-refractivity contribution is -0.119. The SMILES string of the molecule is Cn1ccnc1CC(NC(=O)CCl)c1ccccc1. The fraction of sp³-hybridized carbons (Fsp3) is 0.286. The second-order valence-electron chi connectivity index (χ2n) is 4.32. The Morgan fingerprint density at radius 3 is 2.74 bits per heavy atom. The van der Waals surface area contributed by atoms with Crippen LogP contribution >= 0.6 is 11.6 Å². The Morgan fingerprint density at radius 1 is 1.42 bits per heavy atom. The minimum absolute atomic E-state index is 0.0378. The summed E-state index contributed by atoms with van der Waals surface area (Å²) in [6.45, 7) is 0. The summed E-state index contributed by atoms with van der Waals surface area (Å²) in [5, 5.41) is 2.92. The summed E-state index contributed by atoms with van der Waals surface area (Å²) < 4.78 is 1.95. The van der Waals surface area contributed by atoms with Gasteiger partial charge in [0.05, 0.1) is 6.04 Å². The first-order valence-corrected chi connectivity index (χ1v) is 6.60. The second kappa shape index (κ2) is 6.38. The van der Waals surface area contributed by atoms with Crippen LogP contribution in [0.15, 0.2) is 42.7 Å². The van der Waals surface area contributed by atoms with Crippen molar-refractivity contribution in [1.29, 1.82) is 0 Å². The number of aryl methyl sites for hydroxylation is 1. The lowest BCUT2D eigenvalue weighted by Gasteiger charge is -2.18. The largest absolute Gasteiger partial charge is 0.348 e. The molecule has 1 amide bonds. The lowest BCUT2D eigenvalue weighted by atomic mass is 10.0. The van der Waals surface area contributed by atoms with Gasteiger partial charge in [-0.05, 0) is 5.56 Å². The van der Waals surface area contributed by atoms with E-state index in [1.54, 1.807) is 6.20 Å². The number of hydrogen-bond acceptors (Lipinski definition) is 2. The van der Waals surface area contributed by atoms with Gasteiger partial charge in [0.25, 0.3) is 0 Å². The van der Waals surface area contributed by atoms with Crippen LogP contribution in [0.25, 0.3) is 0 Å². The van der Waals surface area contributed by atoms with Crippen LogP contribution in [-0.4, -0.2) is 21.3 Å². The second-order valence-corrected chi connectivity index (χ2v) is 4.59. The Hall–Kier alpha value is -1.81. The van der Waals surface area contributed by atoms with E-state index in [1.165, 1.54) is 0 Å². The maximum atomic E-state index is 11.5. The molecule has 5 heteroatoms. The number of rotatable bonds is 5.